The van der Waals surface area contributed by atoms with Crippen LogP contribution in [0.15, 0.2) is 51.3 Å². The minimum absolute atomic E-state index is 0. The van der Waals surface area contributed by atoms with Gasteiger partial charge in [0.15, 0.2) is 0 Å². The van der Waals surface area contributed by atoms with Crippen LogP contribution >= 0.6 is 47.1 Å². The van der Waals surface area contributed by atoms with Crippen molar-refractivity contribution in [1.29, 1.82) is 0 Å². The Morgan fingerprint density at radius 2 is 1.91 bits per heavy atom. The minimum Gasteiger partial charge on any atom is -0.327 e. The predicted octanol–water partition coefficient (Wildman–Crippen LogP) is 6.16. The standard InChI is InChI=1S/C17H18N2S2.HI/c1-4-19-15(10-11-18-14-8-6-5-7-9-14)21-16-12(2)13(3)20-17(16)19;/h5-11H,4H2,1-3H3;1H/b15-10+,18-11?;. The molecule has 0 saturated heterocycles. The first-order valence-electron chi connectivity index (χ1n) is 7.05. The van der Waals surface area contributed by atoms with E-state index in [0.717, 1.165) is 12.2 Å². The summed E-state index contributed by atoms with van der Waals surface area (Å²) >= 11 is 3.75. The molecule has 1 aliphatic rings. The van der Waals surface area contributed by atoms with Crippen LogP contribution in [0.3, 0.4) is 0 Å². The number of rotatable bonds is 3. The highest BCUT2D eigenvalue weighted by molar-refractivity contribution is 14.0. The Balaban J connectivity index is 0.00000176. The van der Waals surface area contributed by atoms with Gasteiger partial charge in [-0.2, -0.15) is 0 Å². The lowest BCUT2D eigenvalue weighted by atomic mass is 10.3. The zero-order valence-corrected chi connectivity index (χ0v) is 16.8. The summed E-state index contributed by atoms with van der Waals surface area (Å²) in [5.41, 5.74) is 2.41. The van der Waals surface area contributed by atoms with Crippen molar-refractivity contribution >= 4 is 64.0 Å². The topological polar surface area (TPSA) is 15.6 Å². The third kappa shape index (κ3) is 3.41. The summed E-state index contributed by atoms with van der Waals surface area (Å²) in [6, 6.07) is 10.0. The van der Waals surface area contributed by atoms with Gasteiger partial charge in [0.25, 0.3) is 0 Å². The lowest BCUT2D eigenvalue weighted by Crippen LogP contribution is -2.15. The number of aryl methyl sites for hydroxylation is 1. The first-order valence-corrected chi connectivity index (χ1v) is 8.68. The molecule has 0 radical (unpaired) electrons. The summed E-state index contributed by atoms with van der Waals surface area (Å²) in [7, 11) is 0. The maximum absolute atomic E-state index is 4.49. The van der Waals surface area contributed by atoms with Gasteiger partial charge in [0.05, 0.1) is 15.6 Å². The Morgan fingerprint density at radius 3 is 2.59 bits per heavy atom. The molecule has 2 heterocycles. The largest absolute Gasteiger partial charge is 0.327 e. The second-order valence-electron chi connectivity index (χ2n) is 4.88. The molecule has 0 fully saturated rings. The van der Waals surface area contributed by atoms with E-state index in [-0.39, 0.29) is 24.0 Å². The number of aliphatic imine (C=N–C) groups is 1. The van der Waals surface area contributed by atoms with E-state index in [1.807, 2.05) is 59.6 Å². The second-order valence-corrected chi connectivity index (χ2v) is 7.12. The third-order valence-electron chi connectivity index (χ3n) is 3.54. The van der Waals surface area contributed by atoms with Crippen molar-refractivity contribution in [2.45, 2.75) is 25.7 Å². The van der Waals surface area contributed by atoms with Crippen LogP contribution in [0.5, 0.6) is 0 Å². The average molecular weight is 442 g/mol. The molecule has 0 N–H and O–H groups in total. The van der Waals surface area contributed by atoms with Gasteiger partial charge in [-0.3, -0.25) is 4.99 Å². The molecule has 0 aliphatic carbocycles. The summed E-state index contributed by atoms with van der Waals surface area (Å²) in [6.45, 7) is 7.60. The Morgan fingerprint density at radius 1 is 1.18 bits per heavy atom. The zero-order chi connectivity index (χ0) is 14.8. The molecule has 1 aromatic carbocycles. The highest BCUT2D eigenvalue weighted by Crippen LogP contribution is 2.52. The average Bonchev–Trinajstić information content (AvgIpc) is 2.97. The van der Waals surface area contributed by atoms with Gasteiger partial charge >= 0.3 is 0 Å². The molecule has 0 unspecified atom stereocenters. The second kappa shape index (κ2) is 7.66. The van der Waals surface area contributed by atoms with Gasteiger partial charge in [0.1, 0.15) is 5.00 Å². The van der Waals surface area contributed by atoms with E-state index < -0.39 is 0 Å². The Hall–Kier alpha value is -0.790. The molecule has 2 nitrogen and oxygen atoms in total. The number of thiophene rings is 1. The van der Waals surface area contributed by atoms with Gasteiger partial charge in [0.2, 0.25) is 0 Å². The number of fused-ring (bicyclic) bond motifs is 1. The fourth-order valence-electron chi connectivity index (χ4n) is 2.27. The van der Waals surface area contributed by atoms with Crippen molar-refractivity contribution < 1.29 is 0 Å². The van der Waals surface area contributed by atoms with Gasteiger partial charge in [-0.15, -0.1) is 35.3 Å². The van der Waals surface area contributed by atoms with E-state index in [4.69, 9.17) is 0 Å². The minimum atomic E-state index is 0. The molecule has 0 amide bonds. The molecule has 3 rings (SSSR count). The Kier molecular flexibility index (Phi) is 6.11. The van der Waals surface area contributed by atoms with Crippen LogP contribution in [0.4, 0.5) is 10.7 Å². The van der Waals surface area contributed by atoms with E-state index in [1.54, 1.807) is 0 Å². The van der Waals surface area contributed by atoms with Crippen molar-refractivity contribution in [3.05, 3.63) is 51.9 Å². The number of hydrogen-bond donors (Lipinski definition) is 0. The number of hydrogen-bond acceptors (Lipinski definition) is 4. The maximum atomic E-state index is 4.49. The number of nitrogens with zero attached hydrogens (tertiary/aromatic N) is 2. The van der Waals surface area contributed by atoms with E-state index in [1.165, 1.54) is 25.4 Å². The molecule has 0 atom stereocenters. The highest BCUT2D eigenvalue weighted by Gasteiger charge is 2.28. The molecule has 0 saturated carbocycles. The van der Waals surface area contributed by atoms with Crippen molar-refractivity contribution in [1.82, 2.24) is 0 Å². The van der Waals surface area contributed by atoms with Crippen LogP contribution < -0.4 is 4.90 Å². The van der Waals surface area contributed by atoms with Crippen molar-refractivity contribution in [3.63, 3.8) is 0 Å². The van der Waals surface area contributed by atoms with Gasteiger partial charge in [0, 0.05) is 17.6 Å². The fourth-order valence-corrected chi connectivity index (χ4v) is 4.94. The number of benzene rings is 1. The van der Waals surface area contributed by atoms with Crippen LogP contribution in [0.2, 0.25) is 0 Å². The molecule has 0 spiro atoms. The van der Waals surface area contributed by atoms with Gasteiger partial charge < -0.3 is 4.90 Å². The summed E-state index contributed by atoms with van der Waals surface area (Å²) in [6.07, 6.45) is 4.02. The van der Waals surface area contributed by atoms with E-state index in [2.05, 4.69) is 36.7 Å². The summed E-state index contributed by atoms with van der Waals surface area (Å²) < 4.78 is 0. The number of halogens is 1. The molecule has 2 aromatic rings. The first-order chi connectivity index (χ1) is 10.2. The van der Waals surface area contributed by atoms with E-state index in [0.29, 0.717) is 0 Å². The number of para-hydroxylation sites is 1. The number of thioether (sulfide) groups is 1. The van der Waals surface area contributed by atoms with E-state index >= 15 is 0 Å². The van der Waals surface area contributed by atoms with Crippen molar-refractivity contribution in [2.24, 2.45) is 4.99 Å². The lowest BCUT2D eigenvalue weighted by Gasteiger charge is -2.16. The van der Waals surface area contributed by atoms with Gasteiger partial charge in [-0.05, 0) is 44.5 Å². The maximum Gasteiger partial charge on any atom is 0.111 e. The van der Waals surface area contributed by atoms with Crippen molar-refractivity contribution in [2.75, 3.05) is 11.4 Å². The monoisotopic (exact) mass is 442 g/mol. The molecule has 22 heavy (non-hydrogen) atoms. The molecule has 116 valence electrons. The molecule has 0 bridgehead atoms. The molecule has 5 heteroatoms. The SMILES string of the molecule is CCN1/C(=C\C=Nc2ccccc2)Sc2c1sc(C)c2C.I. The van der Waals surface area contributed by atoms with Crippen LogP contribution in [0.1, 0.15) is 17.4 Å². The van der Waals surface area contributed by atoms with Gasteiger partial charge in [-0.25, -0.2) is 0 Å². The van der Waals surface area contributed by atoms with Crippen LogP contribution in [0, 0.1) is 13.8 Å². The number of allylic oxidation sites excluding steroid dienone is 1. The summed E-state index contributed by atoms with van der Waals surface area (Å²) in [5, 5.41) is 2.65. The molecule has 1 aliphatic heterocycles. The molecular weight excluding hydrogens is 423 g/mol. The fraction of sp³-hybridized carbons (Fsp3) is 0.235. The summed E-state index contributed by atoms with van der Waals surface area (Å²) in [4.78, 5) is 9.70. The smallest absolute Gasteiger partial charge is 0.111 e. The van der Waals surface area contributed by atoms with Crippen LogP contribution in [0.25, 0.3) is 0 Å². The van der Waals surface area contributed by atoms with Gasteiger partial charge in [-0.1, -0.05) is 30.0 Å². The first kappa shape index (κ1) is 17.6. The van der Waals surface area contributed by atoms with E-state index in [9.17, 15) is 0 Å². The highest BCUT2D eigenvalue weighted by atomic mass is 127. The predicted molar refractivity (Wildman–Crippen MR) is 111 cm³/mol. The third-order valence-corrected chi connectivity index (χ3v) is 6.17. The normalized spacial score (nSPS) is 15.4. The lowest BCUT2D eigenvalue weighted by molar-refractivity contribution is 1.02. The molecule has 1 aromatic heterocycles. The summed E-state index contributed by atoms with van der Waals surface area (Å²) in [5.74, 6) is 0. The van der Waals surface area contributed by atoms with Crippen molar-refractivity contribution in [3.8, 4) is 0 Å². The van der Waals surface area contributed by atoms with Crippen LogP contribution in [-0.4, -0.2) is 12.8 Å². The van der Waals surface area contributed by atoms with Crippen LogP contribution in [-0.2, 0) is 0 Å². The Bertz CT molecular complexity index is 705. The quantitative estimate of drug-likeness (QED) is 0.418. The zero-order valence-electron chi connectivity index (χ0n) is 12.9. The molecular formula is C17H19IN2S2. The Labute approximate surface area is 157 Å². The number of anilines is 1.